The van der Waals surface area contributed by atoms with Gasteiger partial charge in [0.25, 0.3) is 0 Å². The largest absolute Gasteiger partial charge is 0.384 e. The molecule has 0 atom stereocenters. The summed E-state index contributed by atoms with van der Waals surface area (Å²) >= 11 is 0. The van der Waals surface area contributed by atoms with Crippen LogP contribution in [0.15, 0.2) is 36.9 Å². The predicted molar refractivity (Wildman–Crippen MR) is 52.0 cm³/mol. The normalized spacial score (nSPS) is 9.75. The highest BCUT2D eigenvalue weighted by atomic mass is 16.5. The fraction of sp³-hybridized carbons (Fsp3) is 0.273. The molecule has 1 aromatic carbocycles. The minimum absolute atomic E-state index is 0.744. The third kappa shape index (κ3) is 2.51. The fourth-order valence-electron chi connectivity index (χ4n) is 1.04. The monoisotopic (exact) mass is 162 g/mol. The van der Waals surface area contributed by atoms with Crippen molar-refractivity contribution in [3.05, 3.63) is 42.5 Å². The van der Waals surface area contributed by atoms with E-state index in [0.29, 0.717) is 0 Å². The van der Waals surface area contributed by atoms with E-state index in [1.54, 1.807) is 7.11 Å². The first-order chi connectivity index (χ1) is 5.84. The quantitative estimate of drug-likeness (QED) is 0.661. The molecule has 0 saturated heterocycles. The van der Waals surface area contributed by atoms with E-state index < -0.39 is 0 Å². The van der Waals surface area contributed by atoms with Crippen molar-refractivity contribution >= 4 is 5.57 Å². The van der Waals surface area contributed by atoms with Crippen molar-refractivity contribution < 1.29 is 4.74 Å². The third-order valence-electron chi connectivity index (χ3n) is 1.79. The van der Waals surface area contributed by atoms with Crippen LogP contribution in [0.5, 0.6) is 0 Å². The molecule has 1 rings (SSSR count). The van der Waals surface area contributed by atoms with Gasteiger partial charge in [-0.05, 0) is 17.6 Å². The van der Waals surface area contributed by atoms with E-state index >= 15 is 0 Å². The van der Waals surface area contributed by atoms with Gasteiger partial charge in [0.2, 0.25) is 0 Å². The van der Waals surface area contributed by atoms with Gasteiger partial charge in [-0.15, -0.1) is 0 Å². The highest BCUT2D eigenvalue weighted by Gasteiger charge is 1.95. The van der Waals surface area contributed by atoms with E-state index in [1.165, 1.54) is 5.56 Å². The Balaban J connectivity index is 2.54. The van der Waals surface area contributed by atoms with Crippen molar-refractivity contribution in [2.75, 3.05) is 13.7 Å². The molecule has 0 spiro atoms. The van der Waals surface area contributed by atoms with Gasteiger partial charge in [-0.25, -0.2) is 0 Å². The zero-order chi connectivity index (χ0) is 8.81. The summed E-state index contributed by atoms with van der Waals surface area (Å²) in [6.45, 7) is 4.73. The highest BCUT2D eigenvalue weighted by Crippen LogP contribution is 2.14. The standard InChI is InChI=1S/C11H14O/c1-10(8-9-12-2)11-6-4-3-5-7-11/h3-7H,1,8-9H2,2H3. The molecule has 0 aromatic heterocycles. The maximum absolute atomic E-state index is 4.97. The van der Waals surface area contributed by atoms with Crippen molar-refractivity contribution in [1.29, 1.82) is 0 Å². The summed E-state index contributed by atoms with van der Waals surface area (Å²) in [5.41, 5.74) is 2.34. The highest BCUT2D eigenvalue weighted by molar-refractivity contribution is 5.62. The number of hydrogen-bond acceptors (Lipinski definition) is 1. The Labute approximate surface area is 73.7 Å². The first-order valence-corrected chi connectivity index (χ1v) is 4.06. The lowest BCUT2D eigenvalue weighted by Crippen LogP contribution is -1.90. The molecule has 0 saturated carbocycles. The molecular weight excluding hydrogens is 148 g/mol. The van der Waals surface area contributed by atoms with Crippen molar-refractivity contribution in [3.63, 3.8) is 0 Å². The van der Waals surface area contributed by atoms with Gasteiger partial charge in [0.1, 0.15) is 0 Å². The molecule has 0 heterocycles. The van der Waals surface area contributed by atoms with Gasteiger partial charge in [-0.3, -0.25) is 0 Å². The van der Waals surface area contributed by atoms with Gasteiger partial charge in [0.15, 0.2) is 0 Å². The van der Waals surface area contributed by atoms with E-state index in [0.717, 1.165) is 18.6 Å². The first kappa shape index (κ1) is 9.01. The van der Waals surface area contributed by atoms with E-state index in [4.69, 9.17) is 4.74 Å². The van der Waals surface area contributed by atoms with Crippen LogP contribution in [0.2, 0.25) is 0 Å². The van der Waals surface area contributed by atoms with E-state index in [1.807, 2.05) is 18.2 Å². The fourth-order valence-corrected chi connectivity index (χ4v) is 1.04. The first-order valence-electron chi connectivity index (χ1n) is 4.06. The summed E-state index contributed by atoms with van der Waals surface area (Å²) in [6.07, 6.45) is 0.903. The molecule has 64 valence electrons. The molecule has 1 nitrogen and oxygen atoms in total. The molecule has 0 aliphatic heterocycles. The summed E-state index contributed by atoms with van der Waals surface area (Å²) in [6, 6.07) is 10.2. The van der Waals surface area contributed by atoms with Crippen molar-refractivity contribution in [2.24, 2.45) is 0 Å². The van der Waals surface area contributed by atoms with Crippen molar-refractivity contribution in [3.8, 4) is 0 Å². The van der Waals surface area contributed by atoms with Gasteiger partial charge < -0.3 is 4.74 Å². The molecule has 12 heavy (non-hydrogen) atoms. The molecule has 0 N–H and O–H groups in total. The van der Waals surface area contributed by atoms with Crippen LogP contribution in [-0.2, 0) is 4.74 Å². The van der Waals surface area contributed by atoms with Gasteiger partial charge in [0, 0.05) is 7.11 Å². The molecule has 0 bridgehead atoms. The van der Waals surface area contributed by atoms with Gasteiger partial charge in [-0.1, -0.05) is 36.9 Å². The lowest BCUT2D eigenvalue weighted by atomic mass is 10.1. The van der Waals surface area contributed by atoms with Crippen molar-refractivity contribution in [2.45, 2.75) is 6.42 Å². The molecule has 0 amide bonds. The van der Waals surface area contributed by atoms with Crippen LogP contribution in [0.25, 0.3) is 5.57 Å². The lowest BCUT2D eigenvalue weighted by Gasteiger charge is -2.03. The molecule has 1 heteroatoms. The minimum atomic E-state index is 0.744. The van der Waals surface area contributed by atoms with Crippen LogP contribution < -0.4 is 0 Å². The van der Waals surface area contributed by atoms with Crippen LogP contribution in [-0.4, -0.2) is 13.7 Å². The third-order valence-corrected chi connectivity index (χ3v) is 1.79. The van der Waals surface area contributed by atoms with Crippen LogP contribution >= 0.6 is 0 Å². The number of rotatable bonds is 4. The molecule has 0 unspecified atom stereocenters. The summed E-state index contributed by atoms with van der Waals surface area (Å²) in [5.74, 6) is 0. The summed E-state index contributed by atoms with van der Waals surface area (Å²) in [5, 5.41) is 0. The Morgan fingerprint density at radius 2 is 2.00 bits per heavy atom. The second-order valence-corrected chi connectivity index (χ2v) is 2.71. The number of methoxy groups -OCH3 is 1. The Bertz CT molecular complexity index is 238. The lowest BCUT2D eigenvalue weighted by molar-refractivity contribution is 0.206. The van der Waals surface area contributed by atoms with Crippen LogP contribution in [0, 0.1) is 0 Å². The zero-order valence-electron chi connectivity index (χ0n) is 7.42. The smallest absolute Gasteiger partial charge is 0.0502 e. The van der Waals surface area contributed by atoms with Crippen molar-refractivity contribution in [1.82, 2.24) is 0 Å². The minimum Gasteiger partial charge on any atom is -0.384 e. The zero-order valence-corrected chi connectivity index (χ0v) is 7.42. The summed E-state index contributed by atoms with van der Waals surface area (Å²) in [4.78, 5) is 0. The van der Waals surface area contributed by atoms with E-state index in [9.17, 15) is 0 Å². The van der Waals surface area contributed by atoms with Crippen LogP contribution in [0.4, 0.5) is 0 Å². The van der Waals surface area contributed by atoms with Gasteiger partial charge in [-0.2, -0.15) is 0 Å². The Morgan fingerprint density at radius 3 is 2.58 bits per heavy atom. The molecule has 0 aliphatic carbocycles. The van der Waals surface area contributed by atoms with Crippen LogP contribution in [0.1, 0.15) is 12.0 Å². The van der Waals surface area contributed by atoms with Crippen LogP contribution in [0.3, 0.4) is 0 Å². The number of hydrogen-bond donors (Lipinski definition) is 0. The molecular formula is C11H14O. The molecule has 1 aromatic rings. The number of ether oxygens (including phenoxy) is 1. The molecule has 0 aliphatic rings. The van der Waals surface area contributed by atoms with Gasteiger partial charge >= 0.3 is 0 Å². The maximum Gasteiger partial charge on any atom is 0.0502 e. The average molecular weight is 162 g/mol. The Hall–Kier alpha value is -1.08. The second kappa shape index (κ2) is 4.73. The summed E-state index contributed by atoms with van der Waals surface area (Å²) < 4.78 is 4.97. The predicted octanol–water partition coefficient (Wildman–Crippen LogP) is 2.74. The topological polar surface area (TPSA) is 9.23 Å². The SMILES string of the molecule is C=C(CCOC)c1ccccc1. The summed E-state index contributed by atoms with van der Waals surface area (Å²) in [7, 11) is 1.71. The Morgan fingerprint density at radius 1 is 1.33 bits per heavy atom. The van der Waals surface area contributed by atoms with Gasteiger partial charge in [0.05, 0.1) is 6.61 Å². The Kier molecular flexibility index (Phi) is 3.55. The second-order valence-electron chi connectivity index (χ2n) is 2.71. The molecule has 0 radical (unpaired) electrons. The molecule has 0 fully saturated rings. The number of benzene rings is 1. The maximum atomic E-state index is 4.97. The van der Waals surface area contributed by atoms with E-state index in [-0.39, 0.29) is 0 Å². The van der Waals surface area contributed by atoms with E-state index in [2.05, 4.69) is 18.7 Å². The average Bonchev–Trinajstić information content (AvgIpc) is 2.15.